The molecule has 0 amide bonds. The molecule has 0 atom stereocenters. The first-order chi connectivity index (χ1) is 25.4. The Kier molecular flexibility index (Phi) is 9.68. The van der Waals surface area contributed by atoms with Crippen LogP contribution in [0.25, 0.3) is 11.1 Å². The van der Waals surface area contributed by atoms with Gasteiger partial charge in [-0.25, -0.2) is 0 Å². The Hall–Kier alpha value is -4.98. The Morgan fingerprint density at radius 1 is 0.585 bits per heavy atom. The second kappa shape index (κ2) is 14.1. The first-order valence-electron chi connectivity index (χ1n) is 18.2. The van der Waals surface area contributed by atoms with Crippen molar-refractivity contribution < 1.29 is 35.8 Å². The first-order valence-corrected chi connectivity index (χ1v) is 18.2. The lowest BCUT2D eigenvalue weighted by Crippen LogP contribution is -2.30. The molecule has 0 N–H and O–H groups in total. The number of halogens is 6. The van der Waals surface area contributed by atoms with Gasteiger partial charge in [0.05, 0.1) is 11.1 Å². The van der Waals surface area contributed by atoms with E-state index in [9.17, 15) is 26.3 Å². The van der Waals surface area contributed by atoms with Gasteiger partial charge < -0.3 is 9.47 Å². The fraction of sp³-hybridized carbons (Fsp3) is 0.289. The molecule has 0 aromatic heterocycles. The molecule has 3 aliphatic carbocycles. The summed E-state index contributed by atoms with van der Waals surface area (Å²) in [6.45, 7) is 4.24. The van der Waals surface area contributed by atoms with E-state index in [4.69, 9.17) is 9.47 Å². The molecule has 0 radical (unpaired) electrons. The number of ether oxygens (including phenoxy) is 2. The van der Waals surface area contributed by atoms with Crippen LogP contribution in [0.1, 0.15) is 85.8 Å². The second-order valence-electron chi connectivity index (χ2n) is 14.1. The summed E-state index contributed by atoms with van der Waals surface area (Å²) >= 11 is 0. The highest BCUT2D eigenvalue weighted by Gasteiger charge is 2.46. The van der Waals surface area contributed by atoms with Crippen LogP contribution in [0.3, 0.4) is 0 Å². The number of alkyl halides is 6. The molecular formula is C45H40F6O2. The summed E-state index contributed by atoms with van der Waals surface area (Å²) in [7, 11) is 0. The topological polar surface area (TPSA) is 18.5 Å². The maximum Gasteiger partial charge on any atom is 0.416 e. The van der Waals surface area contributed by atoms with Gasteiger partial charge in [-0.2, -0.15) is 26.3 Å². The predicted molar refractivity (Wildman–Crippen MR) is 197 cm³/mol. The van der Waals surface area contributed by atoms with Crippen molar-refractivity contribution in [3.8, 4) is 34.1 Å². The van der Waals surface area contributed by atoms with E-state index in [1.807, 2.05) is 42.5 Å². The number of allylic oxidation sites excluding steroid dienone is 8. The third-order valence-corrected chi connectivity index (χ3v) is 10.5. The number of benzene rings is 4. The molecular weight excluding hydrogens is 686 g/mol. The number of hydrogen-bond donors (Lipinski definition) is 0. The maximum absolute atomic E-state index is 14.1. The zero-order chi connectivity index (χ0) is 37.4. The smallest absolute Gasteiger partial charge is 0.416 e. The highest BCUT2D eigenvalue weighted by atomic mass is 19.4. The standard InChI is InChI=1S/C45H40F6O2/c1-3-5-21-42(23-9-10-24-42)38-37-35-20-8-7-15-30(35)27-36(37)40(52-33-18-13-16-31(28-33)44(46,47)48)41(39(38)43(22-6-4-2)25-11-12-26-43)53-34-19-14-17-32(29-34)45(49,50)51/h7-20,23-26,28-29H,3-6,21-22,27H2,1-2H3. The summed E-state index contributed by atoms with van der Waals surface area (Å²) in [5, 5.41) is 0. The highest BCUT2D eigenvalue weighted by Crippen LogP contribution is 2.61. The maximum atomic E-state index is 14.1. The normalized spacial score (nSPS) is 16.3. The summed E-state index contributed by atoms with van der Waals surface area (Å²) in [6.07, 6.45) is 12.7. The third kappa shape index (κ3) is 6.84. The van der Waals surface area contributed by atoms with E-state index in [-0.39, 0.29) is 23.0 Å². The molecule has 0 heterocycles. The lowest BCUT2D eigenvalue weighted by molar-refractivity contribution is -0.138. The van der Waals surface area contributed by atoms with Crippen LogP contribution >= 0.6 is 0 Å². The van der Waals surface area contributed by atoms with Crippen LogP contribution in [0.15, 0.2) is 121 Å². The highest BCUT2D eigenvalue weighted by molar-refractivity contribution is 5.88. The van der Waals surface area contributed by atoms with E-state index in [1.54, 1.807) is 0 Å². The molecule has 0 fully saturated rings. The predicted octanol–water partition coefficient (Wildman–Crippen LogP) is 14.0. The molecule has 274 valence electrons. The van der Waals surface area contributed by atoms with Crippen molar-refractivity contribution in [1.82, 2.24) is 0 Å². The van der Waals surface area contributed by atoms with Crippen LogP contribution in [0.4, 0.5) is 26.3 Å². The van der Waals surface area contributed by atoms with Gasteiger partial charge in [-0.15, -0.1) is 0 Å². The minimum atomic E-state index is -4.63. The number of rotatable bonds is 12. The zero-order valence-electron chi connectivity index (χ0n) is 29.6. The summed E-state index contributed by atoms with van der Waals surface area (Å²) in [5.74, 6) is 0.258. The Labute approximate surface area is 306 Å². The van der Waals surface area contributed by atoms with Gasteiger partial charge in [0.2, 0.25) is 0 Å². The molecule has 4 aromatic rings. The number of unbranched alkanes of at least 4 members (excludes halogenated alkanes) is 2. The van der Waals surface area contributed by atoms with Gasteiger partial charge in [0, 0.05) is 28.4 Å². The molecule has 4 aromatic carbocycles. The SMILES string of the molecule is CCCCC1(c2c(Oc3cccc(C(F)(F)F)c3)c(Oc3cccc(C(F)(F)F)c3)c3c(c2C2(CCCC)C=CC=C2)-c2ccccc2C3)C=CC=C1. The number of hydrogen-bond acceptors (Lipinski definition) is 2. The fourth-order valence-corrected chi connectivity index (χ4v) is 8.03. The van der Waals surface area contributed by atoms with Gasteiger partial charge in [-0.1, -0.05) is 125 Å². The van der Waals surface area contributed by atoms with Crippen molar-refractivity contribution in [2.24, 2.45) is 0 Å². The molecule has 0 unspecified atom stereocenters. The van der Waals surface area contributed by atoms with E-state index in [0.717, 1.165) is 84.2 Å². The van der Waals surface area contributed by atoms with Crippen LogP contribution in [0, 0.1) is 0 Å². The van der Waals surface area contributed by atoms with E-state index < -0.39 is 34.3 Å². The Bertz CT molecular complexity index is 2110. The summed E-state index contributed by atoms with van der Waals surface area (Å²) in [5.41, 5.74) is 2.19. The third-order valence-electron chi connectivity index (χ3n) is 10.5. The van der Waals surface area contributed by atoms with Crippen molar-refractivity contribution in [2.75, 3.05) is 0 Å². The Balaban J connectivity index is 1.63. The van der Waals surface area contributed by atoms with Gasteiger partial charge in [-0.05, 0) is 71.5 Å². The molecule has 2 nitrogen and oxygen atoms in total. The zero-order valence-corrected chi connectivity index (χ0v) is 29.6. The lowest BCUT2D eigenvalue weighted by Gasteiger charge is -2.39. The molecule has 0 spiro atoms. The van der Waals surface area contributed by atoms with Crippen molar-refractivity contribution in [1.29, 1.82) is 0 Å². The second-order valence-corrected chi connectivity index (χ2v) is 14.1. The molecule has 0 bridgehead atoms. The van der Waals surface area contributed by atoms with E-state index in [0.29, 0.717) is 18.4 Å². The van der Waals surface area contributed by atoms with Crippen molar-refractivity contribution in [3.05, 3.63) is 155 Å². The minimum Gasteiger partial charge on any atom is -0.453 e. The molecule has 53 heavy (non-hydrogen) atoms. The van der Waals surface area contributed by atoms with Crippen molar-refractivity contribution in [3.63, 3.8) is 0 Å². The Morgan fingerprint density at radius 2 is 1.08 bits per heavy atom. The quantitative estimate of drug-likeness (QED) is 0.119. The lowest BCUT2D eigenvalue weighted by atomic mass is 9.65. The van der Waals surface area contributed by atoms with Gasteiger partial charge >= 0.3 is 12.4 Å². The van der Waals surface area contributed by atoms with Crippen LogP contribution in [-0.4, -0.2) is 0 Å². The van der Waals surface area contributed by atoms with Crippen molar-refractivity contribution >= 4 is 0 Å². The largest absolute Gasteiger partial charge is 0.453 e. The van der Waals surface area contributed by atoms with Crippen LogP contribution in [0.2, 0.25) is 0 Å². The van der Waals surface area contributed by atoms with Gasteiger partial charge in [0.1, 0.15) is 11.5 Å². The summed E-state index contributed by atoms with van der Waals surface area (Å²) < 4.78 is 97.7. The molecule has 7 rings (SSSR count). The summed E-state index contributed by atoms with van der Waals surface area (Å²) in [4.78, 5) is 0. The number of fused-ring (bicyclic) bond motifs is 3. The molecule has 3 aliphatic rings. The van der Waals surface area contributed by atoms with Crippen LogP contribution < -0.4 is 9.47 Å². The molecule has 0 saturated heterocycles. The van der Waals surface area contributed by atoms with Gasteiger partial charge in [0.25, 0.3) is 0 Å². The van der Waals surface area contributed by atoms with Gasteiger partial charge in [-0.3, -0.25) is 0 Å². The van der Waals surface area contributed by atoms with Gasteiger partial charge in [0.15, 0.2) is 11.5 Å². The average molecular weight is 727 g/mol. The average Bonchev–Trinajstić information content (AvgIpc) is 3.90. The fourth-order valence-electron chi connectivity index (χ4n) is 8.03. The van der Waals surface area contributed by atoms with E-state index in [2.05, 4.69) is 44.2 Å². The monoisotopic (exact) mass is 726 g/mol. The van der Waals surface area contributed by atoms with Crippen LogP contribution in [-0.2, 0) is 29.6 Å². The van der Waals surface area contributed by atoms with Crippen LogP contribution in [0.5, 0.6) is 23.0 Å². The molecule has 0 aliphatic heterocycles. The van der Waals surface area contributed by atoms with Crippen molar-refractivity contribution in [2.45, 2.75) is 82.0 Å². The van der Waals surface area contributed by atoms with E-state index in [1.165, 1.54) is 24.3 Å². The van der Waals surface area contributed by atoms with E-state index >= 15 is 0 Å². The molecule has 8 heteroatoms. The Morgan fingerprint density at radius 3 is 1.58 bits per heavy atom. The minimum absolute atomic E-state index is 0.0620. The molecule has 0 saturated carbocycles. The first kappa shape index (κ1) is 36.4. The summed E-state index contributed by atoms with van der Waals surface area (Å²) in [6, 6.07) is 17.4.